The van der Waals surface area contributed by atoms with Gasteiger partial charge < -0.3 is 30.5 Å². The van der Waals surface area contributed by atoms with Crippen LogP contribution in [0.3, 0.4) is 0 Å². The van der Waals surface area contributed by atoms with Crippen molar-refractivity contribution in [3.05, 3.63) is 59.2 Å². The highest BCUT2D eigenvalue weighted by Gasteiger charge is 2.42. The molecule has 2 unspecified atom stereocenters. The maximum atomic E-state index is 14.4. The summed E-state index contributed by atoms with van der Waals surface area (Å²) in [6.45, 7) is 10.7. The molecule has 0 heterocycles. The summed E-state index contributed by atoms with van der Waals surface area (Å²) in [6, 6.07) is 8.96. The maximum absolute atomic E-state index is 14.4. The van der Waals surface area contributed by atoms with Crippen LogP contribution in [0.4, 0.5) is 4.79 Å². The van der Waals surface area contributed by atoms with E-state index in [9.17, 15) is 24.6 Å². The molecule has 1 aliphatic carbocycles. The first-order chi connectivity index (χ1) is 18.2. The number of carbonyl (C=O) groups excluding carboxylic acids is 3. The molecule has 3 rings (SSSR count). The summed E-state index contributed by atoms with van der Waals surface area (Å²) in [5.41, 5.74) is 1.11. The molecule has 1 saturated carbocycles. The number of phenolic OH excluding ortho intramolecular Hbond substituents is 2. The standard InChI is InChI=1S/C30H41N3O6/c1-18(2)31-27(36)26(21-12-15-25(35)19(3)16-21)33(22-8-7-9-22)28(37)24(32-29(38)39-30(4,5)6)17-20-10-13-23(34)14-11-20/h10-16,18,22,24,26,34-35H,7-9,17H2,1-6H3,(H,31,36)(H,32,38). The number of aromatic hydroxyl groups is 2. The number of carbonyl (C=O) groups is 3. The summed E-state index contributed by atoms with van der Waals surface area (Å²) in [7, 11) is 0. The summed E-state index contributed by atoms with van der Waals surface area (Å²) >= 11 is 0. The van der Waals surface area contributed by atoms with E-state index in [-0.39, 0.29) is 35.9 Å². The van der Waals surface area contributed by atoms with Gasteiger partial charge in [-0.25, -0.2) is 4.79 Å². The Kier molecular flexibility index (Phi) is 9.48. The number of hydrogen-bond donors (Lipinski definition) is 4. The summed E-state index contributed by atoms with van der Waals surface area (Å²) in [5.74, 6) is -0.560. The molecule has 2 aromatic rings. The second-order valence-corrected chi connectivity index (χ2v) is 11.5. The Hall–Kier alpha value is -3.75. The summed E-state index contributed by atoms with van der Waals surface area (Å²) < 4.78 is 5.46. The molecule has 39 heavy (non-hydrogen) atoms. The van der Waals surface area contributed by atoms with Gasteiger partial charge >= 0.3 is 6.09 Å². The van der Waals surface area contributed by atoms with Crippen molar-refractivity contribution in [1.82, 2.24) is 15.5 Å². The van der Waals surface area contributed by atoms with Gasteiger partial charge in [-0.05, 0) is 102 Å². The Labute approximate surface area is 230 Å². The SMILES string of the molecule is Cc1cc(C(C(=O)NC(C)C)N(C(=O)C(Cc2ccc(O)cc2)NC(=O)OC(C)(C)C)C2CCC2)ccc1O. The molecule has 0 aromatic heterocycles. The van der Waals surface area contributed by atoms with Gasteiger partial charge in [-0.2, -0.15) is 0 Å². The lowest BCUT2D eigenvalue weighted by Crippen LogP contribution is -2.58. The van der Waals surface area contributed by atoms with Crippen LogP contribution in [0.2, 0.25) is 0 Å². The zero-order chi connectivity index (χ0) is 28.9. The van der Waals surface area contributed by atoms with Crippen LogP contribution in [0.1, 0.15) is 76.6 Å². The van der Waals surface area contributed by atoms with Crippen molar-refractivity contribution >= 4 is 17.9 Å². The summed E-state index contributed by atoms with van der Waals surface area (Å²) in [6.07, 6.45) is 1.77. The van der Waals surface area contributed by atoms with Crippen LogP contribution in [0.25, 0.3) is 0 Å². The van der Waals surface area contributed by atoms with Crippen LogP contribution in [0.5, 0.6) is 11.5 Å². The Morgan fingerprint density at radius 3 is 2.18 bits per heavy atom. The molecule has 9 nitrogen and oxygen atoms in total. The average molecular weight is 540 g/mol. The molecule has 3 amide bonds. The minimum atomic E-state index is -1.03. The van der Waals surface area contributed by atoms with Crippen LogP contribution in [0, 0.1) is 6.92 Å². The van der Waals surface area contributed by atoms with Gasteiger partial charge in [0.05, 0.1) is 0 Å². The predicted octanol–water partition coefficient (Wildman–Crippen LogP) is 4.49. The molecule has 0 aliphatic heterocycles. The number of phenols is 2. The van der Waals surface area contributed by atoms with Crippen LogP contribution in [-0.4, -0.2) is 56.7 Å². The Morgan fingerprint density at radius 2 is 1.67 bits per heavy atom. The molecule has 9 heteroatoms. The molecule has 0 radical (unpaired) electrons. The highest BCUT2D eigenvalue weighted by atomic mass is 16.6. The van der Waals surface area contributed by atoms with Crippen LogP contribution >= 0.6 is 0 Å². The molecule has 212 valence electrons. The predicted molar refractivity (Wildman–Crippen MR) is 148 cm³/mol. The number of benzene rings is 2. The Bertz CT molecular complexity index is 1170. The third-order valence-electron chi connectivity index (χ3n) is 6.58. The van der Waals surface area contributed by atoms with E-state index >= 15 is 0 Å². The molecule has 0 bridgehead atoms. The lowest BCUT2D eigenvalue weighted by molar-refractivity contribution is -0.147. The van der Waals surface area contributed by atoms with Crippen molar-refractivity contribution in [3.8, 4) is 11.5 Å². The van der Waals surface area contributed by atoms with Gasteiger partial charge in [0.1, 0.15) is 29.2 Å². The molecule has 0 saturated heterocycles. The van der Waals surface area contributed by atoms with E-state index in [0.29, 0.717) is 11.1 Å². The fourth-order valence-electron chi connectivity index (χ4n) is 4.53. The number of nitrogens with one attached hydrogen (secondary N) is 2. The van der Waals surface area contributed by atoms with E-state index in [2.05, 4.69) is 10.6 Å². The van der Waals surface area contributed by atoms with Crippen molar-refractivity contribution < 1.29 is 29.3 Å². The minimum Gasteiger partial charge on any atom is -0.508 e. The molecule has 0 spiro atoms. The lowest BCUT2D eigenvalue weighted by atomic mass is 9.87. The van der Waals surface area contributed by atoms with Crippen LogP contribution in [-0.2, 0) is 20.7 Å². The van der Waals surface area contributed by atoms with Crippen LogP contribution in [0.15, 0.2) is 42.5 Å². The summed E-state index contributed by atoms with van der Waals surface area (Å²) in [4.78, 5) is 42.5. The van der Waals surface area contributed by atoms with Gasteiger partial charge in [0.2, 0.25) is 11.8 Å². The van der Waals surface area contributed by atoms with Crippen molar-refractivity contribution in [2.24, 2.45) is 0 Å². The highest BCUT2D eigenvalue weighted by Crippen LogP contribution is 2.35. The summed E-state index contributed by atoms with van der Waals surface area (Å²) in [5, 5.41) is 25.5. The van der Waals surface area contributed by atoms with Crippen molar-refractivity contribution in [2.45, 2.75) is 97.0 Å². The normalized spacial score (nSPS) is 15.2. The zero-order valence-corrected chi connectivity index (χ0v) is 23.7. The lowest BCUT2D eigenvalue weighted by Gasteiger charge is -2.44. The first kappa shape index (κ1) is 29.8. The van der Waals surface area contributed by atoms with E-state index in [1.54, 1.807) is 56.9 Å². The van der Waals surface area contributed by atoms with E-state index < -0.39 is 29.7 Å². The second kappa shape index (κ2) is 12.4. The minimum absolute atomic E-state index is 0.0888. The number of nitrogens with zero attached hydrogens (tertiary/aromatic N) is 1. The van der Waals surface area contributed by atoms with Crippen molar-refractivity contribution in [1.29, 1.82) is 0 Å². The first-order valence-corrected chi connectivity index (χ1v) is 13.4. The molecule has 1 fully saturated rings. The van der Waals surface area contributed by atoms with Gasteiger partial charge in [-0.3, -0.25) is 9.59 Å². The average Bonchev–Trinajstić information content (AvgIpc) is 2.78. The van der Waals surface area contributed by atoms with Gasteiger partial charge in [0, 0.05) is 18.5 Å². The quantitative estimate of drug-likeness (QED) is 0.372. The fourth-order valence-corrected chi connectivity index (χ4v) is 4.53. The second-order valence-electron chi connectivity index (χ2n) is 11.5. The Balaban J connectivity index is 2.06. The number of hydrogen-bond acceptors (Lipinski definition) is 6. The van der Waals surface area contributed by atoms with E-state index in [4.69, 9.17) is 4.74 Å². The molecular weight excluding hydrogens is 498 g/mol. The van der Waals surface area contributed by atoms with Gasteiger partial charge in [0.15, 0.2) is 0 Å². The largest absolute Gasteiger partial charge is 0.508 e. The topological polar surface area (TPSA) is 128 Å². The number of amides is 3. The van der Waals surface area contributed by atoms with E-state index in [1.165, 1.54) is 18.2 Å². The van der Waals surface area contributed by atoms with Gasteiger partial charge in [-0.1, -0.05) is 18.2 Å². The molecule has 1 aliphatic rings. The Morgan fingerprint density at radius 1 is 1.03 bits per heavy atom. The molecule has 2 aromatic carbocycles. The first-order valence-electron chi connectivity index (χ1n) is 13.4. The van der Waals surface area contributed by atoms with E-state index in [0.717, 1.165) is 24.8 Å². The van der Waals surface area contributed by atoms with Gasteiger partial charge in [-0.15, -0.1) is 0 Å². The monoisotopic (exact) mass is 539 g/mol. The number of alkyl carbamates (subject to hydrolysis) is 1. The third-order valence-corrected chi connectivity index (χ3v) is 6.58. The number of aryl methyl sites for hydroxylation is 1. The molecular formula is C30H41N3O6. The van der Waals surface area contributed by atoms with Gasteiger partial charge in [0.25, 0.3) is 0 Å². The smallest absolute Gasteiger partial charge is 0.408 e. The third kappa shape index (κ3) is 8.12. The zero-order valence-electron chi connectivity index (χ0n) is 23.7. The number of rotatable bonds is 9. The fraction of sp³-hybridized carbons (Fsp3) is 0.500. The number of ether oxygens (including phenoxy) is 1. The van der Waals surface area contributed by atoms with Crippen LogP contribution < -0.4 is 10.6 Å². The van der Waals surface area contributed by atoms with Crippen molar-refractivity contribution in [3.63, 3.8) is 0 Å². The molecule has 2 atom stereocenters. The van der Waals surface area contributed by atoms with E-state index in [1.807, 2.05) is 13.8 Å². The maximum Gasteiger partial charge on any atom is 0.408 e. The molecule has 4 N–H and O–H groups in total. The highest BCUT2D eigenvalue weighted by molar-refractivity contribution is 5.92. The van der Waals surface area contributed by atoms with Crippen molar-refractivity contribution in [2.75, 3.05) is 0 Å².